The minimum atomic E-state index is -0.719. The van der Waals surface area contributed by atoms with Gasteiger partial charge in [-0.05, 0) is 38.0 Å². The highest BCUT2D eigenvalue weighted by atomic mass is 16.4. The number of carboxylic acids is 1. The van der Waals surface area contributed by atoms with E-state index >= 15 is 0 Å². The van der Waals surface area contributed by atoms with Crippen LogP contribution in [-0.2, 0) is 22.4 Å². The van der Waals surface area contributed by atoms with Crippen LogP contribution in [0.1, 0.15) is 89.3 Å². The first-order valence-electron chi connectivity index (χ1n) is 10.4. The molecule has 1 aromatic heterocycles. The third-order valence-corrected chi connectivity index (χ3v) is 5.23. The molecule has 0 saturated heterocycles. The van der Waals surface area contributed by atoms with Gasteiger partial charge >= 0.3 is 5.97 Å². The standard InChI is InChI=1S/C20H33N3O4/c1-2-18-22-23-19(27-18)14-15-11-12-16(13-15)21-17(24)9-7-5-3-4-6-8-10-20(25)26/h15-16H,2-14H2,1H3,(H,21,24)(H,25,26)/t15-,16+/m1/s1. The van der Waals surface area contributed by atoms with Gasteiger partial charge in [0.1, 0.15) is 0 Å². The first-order chi connectivity index (χ1) is 13.1. The maximum atomic E-state index is 12.1. The number of aliphatic carboxylic acids is 1. The Morgan fingerprint density at radius 3 is 2.37 bits per heavy atom. The summed E-state index contributed by atoms with van der Waals surface area (Å²) in [4.78, 5) is 22.5. The number of carboxylic acid groups (broad SMARTS) is 1. The van der Waals surface area contributed by atoms with E-state index in [4.69, 9.17) is 9.52 Å². The number of carbonyl (C=O) groups excluding carboxylic acids is 1. The topological polar surface area (TPSA) is 105 Å². The number of aromatic nitrogens is 2. The number of hydrogen-bond donors (Lipinski definition) is 2. The zero-order valence-corrected chi connectivity index (χ0v) is 16.4. The van der Waals surface area contributed by atoms with Crippen LogP contribution >= 0.6 is 0 Å². The van der Waals surface area contributed by atoms with Crippen LogP contribution in [0.4, 0.5) is 0 Å². The van der Waals surface area contributed by atoms with E-state index in [1.807, 2.05) is 6.92 Å². The predicted octanol–water partition coefficient (Wildman–Crippen LogP) is 3.66. The molecule has 0 radical (unpaired) electrons. The quantitative estimate of drug-likeness (QED) is 0.507. The summed E-state index contributed by atoms with van der Waals surface area (Å²) < 4.78 is 5.58. The van der Waals surface area contributed by atoms with E-state index in [0.29, 0.717) is 24.1 Å². The van der Waals surface area contributed by atoms with E-state index < -0.39 is 5.97 Å². The summed E-state index contributed by atoms with van der Waals surface area (Å²) >= 11 is 0. The lowest BCUT2D eigenvalue weighted by molar-refractivity contribution is -0.137. The van der Waals surface area contributed by atoms with Crippen molar-refractivity contribution in [2.45, 2.75) is 96.4 Å². The molecule has 1 heterocycles. The first kappa shape index (κ1) is 21.4. The SMILES string of the molecule is CCc1nnc(C[C@@H]2CC[C@H](NC(=O)CCCCCCCCC(=O)O)C2)o1. The summed E-state index contributed by atoms with van der Waals surface area (Å²) in [5.74, 6) is 1.34. The summed E-state index contributed by atoms with van der Waals surface area (Å²) in [6, 6.07) is 0.270. The van der Waals surface area contributed by atoms with Crippen LogP contribution in [0.2, 0.25) is 0 Å². The molecule has 1 aliphatic carbocycles. The fourth-order valence-corrected chi connectivity index (χ4v) is 3.72. The molecule has 0 aliphatic heterocycles. The molecule has 0 unspecified atom stereocenters. The second-order valence-corrected chi connectivity index (χ2v) is 7.61. The highest BCUT2D eigenvalue weighted by Crippen LogP contribution is 2.28. The molecule has 2 rings (SSSR count). The predicted molar refractivity (Wildman–Crippen MR) is 101 cm³/mol. The van der Waals surface area contributed by atoms with Crippen molar-refractivity contribution >= 4 is 11.9 Å². The molecule has 7 heteroatoms. The largest absolute Gasteiger partial charge is 0.481 e. The lowest BCUT2D eigenvalue weighted by Gasteiger charge is -2.13. The molecule has 27 heavy (non-hydrogen) atoms. The molecule has 1 aromatic rings. The van der Waals surface area contributed by atoms with Gasteiger partial charge in [0.2, 0.25) is 17.7 Å². The third-order valence-electron chi connectivity index (χ3n) is 5.23. The molecule has 152 valence electrons. The summed E-state index contributed by atoms with van der Waals surface area (Å²) in [6.45, 7) is 2.00. The molecule has 0 spiro atoms. The first-order valence-corrected chi connectivity index (χ1v) is 10.4. The number of rotatable bonds is 13. The Bertz CT molecular complexity index is 588. The van der Waals surface area contributed by atoms with Crippen molar-refractivity contribution in [1.82, 2.24) is 15.5 Å². The van der Waals surface area contributed by atoms with Gasteiger partial charge in [-0.25, -0.2) is 0 Å². The molecule has 2 atom stereocenters. The minimum absolute atomic E-state index is 0.151. The molecule has 2 N–H and O–H groups in total. The molecule has 1 saturated carbocycles. The van der Waals surface area contributed by atoms with Gasteiger partial charge in [-0.1, -0.05) is 32.6 Å². The Hall–Kier alpha value is -1.92. The second kappa shape index (κ2) is 11.7. The van der Waals surface area contributed by atoms with Crippen molar-refractivity contribution in [1.29, 1.82) is 0 Å². The summed E-state index contributed by atoms with van der Waals surface area (Å²) in [6.07, 6.45) is 11.3. The molecule has 1 aliphatic rings. The van der Waals surface area contributed by atoms with Crippen LogP contribution in [0.15, 0.2) is 4.42 Å². The molecular formula is C20H33N3O4. The zero-order chi connectivity index (χ0) is 19.5. The van der Waals surface area contributed by atoms with Gasteiger partial charge in [-0.15, -0.1) is 10.2 Å². The summed E-state index contributed by atoms with van der Waals surface area (Å²) in [5, 5.41) is 19.8. The zero-order valence-electron chi connectivity index (χ0n) is 16.4. The van der Waals surface area contributed by atoms with E-state index in [0.717, 1.165) is 70.6 Å². The van der Waals surface area contributed by atoms with Crippen LogP contribution in [0, 0.1) is 5.92 Å². The van der Waals surface area contributed by atoms with Crippen molar-refractivity contribution in [3.63, 3.8) is 0 Å². The molecule has 0 aromatic carbocycles. The minimum Gasteiger partial charge on any atom is -0.481 e. The lowest BCUT2D eigenvalue weighted by atomic mass is 10.0. The van der Waals surface area contributed by atoms with Crippen LogP contribution in [0.5, 0.6) is 0 Å². The van der Waals surface area contributed by atoms with Gasteiger partial charge in [0, 0.05) is 31.7 Å². The van der Waals surface area contributed by atoms with Crippen molar-refractivity contribution in [2.75, 3.05) is 0 Å². The maximum absolute atomic E-state index is 12.1. The Balaban J connectivity index is 1.50. The number of aryl methyl sites for hydroxylation is 1. The number of nitrogens with zero attached hydrogens (tertiary/aromatic N) is 2. The van der Waals surface area contributed by atoms with Gasteiger partial charge in [0.05, 0.1) is 0 Å². The van der Waals surface area contributed by atoms with Crippen LogP contribution in [0.3, 0.4) is 0 Å². The van der Waals surface area contributed by atoms with Crippen LogP contribution in [-0.4, -0.2) is 33.2 Å². The van der Waals surface area contributed by atoms with Crippen molar-refractivity contribution in [3.05, 3.63) is 11.8 Å². The average molecular weight is 380 g/mol. The Labute approximate surface area is 161 Å². The van der Waals surface area contributed by atoms with E-state index in [1.54, 1.807) is 0 Å². The van der Waals surface area contributed by atoms with E-state index in [-0.39, 0.29) is 18.4 Å². The highest BCUT2D eigenvalue weighted by molar-refractivity contribution is 5.76. The van der Waals surface area contributed by atoms with Gasteiger partial charge in [0.15, 0.2) is 0 Å². The Morgan fingerprint density at radius 2 is 1.70 bits per heavy atom. The molecule has 1 amide bonds. The normalized spacial score (nSPS) is 19.3. The van der Waals surface area contributed by atoms with E-state index in [1.165, 1.54) is 0 Å². The molecule has 1 fully saturated rings. The van der Waals surface area contributed by atoms with Crippen molar-refractivity contribution in [3.8, 4) is 0 Å². The van der Waals surface area contributed by atoms with Crippen LogP contribution in [0.25, 0.3) is 0 Å². The van der Waals surface area contributed by atoms with Crippen LogP contribution < -0.4 is 5.32 Å². The fraction of sp³-hybridized carbons (Fsp3) is 0.800. The molecule has 7 nitrogen and oxygen atoms in total. The monoisotopic (exact) mass is 379 g/mol. The Kier molecular flexibility index (Phi) is 9.28. The number of amides is 1. The number of hydrogen-bond acceptors (Lipinski definition) is 5. The Morgan fingerprint density at radius 1 is 1.04 bits per heavy atom. The van der Waals surface area contributed by atoms with Gasteiger partial charge in [-0.3, -0.25) is 9.59 Å². The maximum Gasteiger partial charge on any atom is 0.303 e. The number of unbranched alkanes of at least 4 members (excludes halogenated alkanes) is 5. The van der Waals surface area contributed by atoms with Gasteiger partial charge in [0.25, 0.3) is 0 Å². The van der Waals surface area contributed by atoms with Gasteiger partial charge in [-0.2, -0.15) is 0 Å². The number of carbonyl (C=O) groups is 2. The summed E-state index contributed by atoms with van der Waals surface area (Å²) in [5.41, 5.74) is 0. The van der Waals surface area contributed by atoms with E-state index in [9.17, 15) is 9.59 Å². The van der Waals surface area contributed by atoms with Gasteiger partial charge < -0.3 is 14.8 Å². The smallest absolute Gasteiger partial charge is 0.303 e. The fourth-order valence-electron chi connectivity index (χ4n) is 3.72. The summed E-state index contributed by atoms with van der Waals surface area (Å²) in [7, 11) is 0. The molecule has 0 bridgehead atoms. The second-order valence-electron chi connectivity index (χ2n) is 7.61. The average Bonchev–Trinajstić information content (AvgIpc) is 3.26. The number of nitrogens with one attached hydrogen (secondary N) is 1. The lowest BCUT2D eigenvalue weighted by Crippen LogP contribution is -2.32. The van der Waals surface area contributed by atoms with Crippen molar-refractivity contribution in [2.24, 2.45) is 5.92 Å². The van der Waals surface area contributed by atoms with Crippen molar-refractivity contribution < 1.29 is 19.1 Å². The highest BCUT2D eigenvalue weighted by Gasteiger charge is 2.27. The van der Waals surface area contributed by atoms with E-state index in [2.05, 4.69) is 15.5 Å². The molecular weight excluding hydrogens is 346 g/mol. The third kappa shape index (κ3) is 8.54.